The van der Waals surface area contributed by atoms with E-state index in [-0.39, 0.29) is 18.2 Å². The Bertz CT molecular complexity index is 848. The molecule has 0 aliphatic heterocycles. The number of carbonyl (C=O) groups excluding carboxylic acids is 2. The number of furan rings is 1. The Morgan fingerprint density at radius 3 is 2.87 bits per heavy atom. The van der Waals surface area contributed by atoms with Crippen molar-refractivity contribution in [1.29, 1.82) is 0 Å². The van der Waals surface area contributed by atoms with E-state index in [1.807, 2.05) is 24.3 Å². The first-order valence-corrected chi connectivity index (χ1v) is 8.33. The third kappa shape index (κ3) is 2.68. The van der Waals surface area contributed by atoms with Gasteiger partial charge in [-0.05, 0) is 43.0 Å². The van der Waals surface area contributed by atoms with Gasteiger partial charge in [-0.2, -0.15) is 0 Å². The number of aryl methyl sites for hydroxylation is 2. The van der Waals surface area contributed by atoms with Crippen LogP contribution in [0.15, 0.2) is 40.8 Å². The van der Waals surface area contributed by atoms with Crippen LogP contribution >= 0.6 is 11.3 Å². The molecule has 4 nitrogen and oxygen atoms in total. The molecule has 0 radical (unpaired) electrons. The van der Waals surface area contributed by atoms with Crippen LogP contribution < -0.4 is 0 Å². The number of ketones is 1. The summed E-state index contributed by atoms with van der Waals surface area (Å²) in [7, 11) is 0. The van der Waals surface area contributed by atoms with Crippen LogP contribution in [-0.2, 0) is 17.6 Å². The van der Waals surface area contributed by atoms with Crippen molar-refractivity contribution >= 4 is 34.1 Å². The lowest BCUT2D eigenvalue weighted by atomic mass is 10.2. The number of para-hydroxylation sites is 1. The van der Waals surface area contributed by atoms with Gasteiger partial charge in [-0.3, -0.25) is 4.79 Å². The monoisotopic (exact) mass is 326 g/mol. The maximum Gasteiger partial charge on any atom is 0.348 e. The van der Waals surface area contributed by atoms with Gasteiger partial charge in [0, 0.05) is 10.3 Å². The van der Waals surface area contributed by atoms with Crippen molar-refractivity contribution in [2.24, 2.45) is 0 Å². The van der Waals surface area contributed by atoms with Crippen molar-refractivity contribution in [3.63, 3.8) is 0 Å². The van der Waals surface area contributed by atoms with E-state index in [9.17, 15) is 9.59 Å². The minimum absolute atomic E-state index is 0.215. The van der Waals surface area contributed by atoms with E-state index in [2.05, 4.69) is 0 Å². The second-order valence-corrected chi connectivity index (χ2v) is 6.70. The molecular formula is C18H14O4S. The Labute approximate surface area is 136 Å². The highest BCUT2D eigenvalue weighted by atomic mass is 32.1. The largest absolute Gasteiger partial charge is 0.453 e. The van der Waals surface area contributed by atoms with Crippen LogP contribution in [0.2, 0.25) is 0 Å². The third-order valence-corrected chi connectivity index (χ3v) is 5.20. The number of ether oxygens (including phenoxy) is 1. The molecule has 0 bridgehead atoms. The van der Waals surface area contributed by atoms with Gasteiger partial charge < -0.3 is 9.15 Å². The van der Waals surface area contributed by atoms with Gasteiger partial charge in [-0.15, -0.1) is 11.3 Å². The summed E-state index contributed by atoms with van der Waals surface area (Å²) in [6.07, 6.45) is 3.21. The van der Waals surface area contributed by atoms with Crippen LogP contribution in [0.4, 0.5) is 0 Å². The molecule has 116 valence electrons. The number of hydrogen-bond acceptors (Lipinski definition) is 5. The molecule has 3 aromatic rings. The highest BCUT2D eigenvalue weighted by Crippen LogP contribution is 2.31. The summed E-state index contributed by atoms with van der Waals surface area (Å²) in [5.74, 6) is -0.555. The number of rotatable bonds is 4. The Kier molecular flexibility index (Phi) is 3.50. The van der Waals surface area contributed by atoms with Gasteiger partial charge in [0.05, 0.1) is 0 Å². The van der Waals surface area contributed by atoms with Crippen molar-refractivity contribution < 1.29 is 18.7 Å². The molecule has 0 atom stereocenters. The number of benzene rings is 1. The summed E-state index contributed by atoms with van der Waals surface area (Å²) in [5.41, 5.74) is 1.89. The molecule has 2 aromatic heterocycles. The highest BCUT2D eigenvalue weighted by molar-refractivity contribution is 7.14. The summed E-state index contributed by atoms with van der Waals surface area (Å²) >= 11 is 1.47. The number of carbonyl (C=O) groups is 2. The zero-order valence-electron chi connectivity index (χ0n) is 12.3. The quantitative estimate of drug-likeness (QED) is 0.537. The van der Waals surface area contributed by atoms with E-state index in [0.717, 1.165) is 24.6 Å². The minimum atomic E-state index is -0.436. The molecule has 1 aliphatic rings. The SMILES string of the molecule is O=C(COC(=O)c1cc2c(s1)CCC2)c1cc2ccccc2o1. The first-order chi connectivity index (χ1) is 11.2. The zero-order valence-corrected chi connectivity index (χ0v) is 13.2. The summed E-state index contributed by atoms with van der Waals surface area (Å²) in [5, 5.41) is 0.858. The lowest BCUT2D eigenvalue weighted by molar-refractivity contribution is 0.0473. The molecule has 23 heavy (non-hydrogen) atoms. The summed E-state index contributed by atoms with van der Waals surface area (Å²) in [6.45, 7) is -0.304. The number of hydrogen-bond donors (Lipinski definition) is 0. The van der Waals surface area contributed by atoms with E-state index in [0.29, 0.717) is 10.5 Å². The van der Waals surface area contributed by atoms with Crippen LogP contribution in [0.1, 0.15) is 37.1 Å². The normalized spacial score (nSPS) is 13.2. The molecule has 0 unspecified atom stereocenters. The molecule has 4 rings (SSSR count). The number of thiophene rings is 1. The molecule has 0 saturated heterocycles. The van der Waals surface area contributed by atoms with Crippen molar-refractivity contribution in [2.45, 2.75) is 19.3 Å². The number of esters is 1. The Morgan fingerprint density at radius 1 is 1.17 bits per heavy atom. The lowest BCUT2D eigenvalue weighted by Crippen LogP contribution is -2.13. The van der Waals surface area contributed by atoms with E-state index < -0.39 is 5.97 Å². The first kappa shape index (κ1) is 14.2. The maximum absolute atomic E-state index is 12.1. The summed E-state index contributed by atoms with van der Waals surface area (Å²) in [6, 6.07) is 10.9. The number of fused-ring (bicyclic) bond motifs is 2. The fourth-order valence-electron chi connectivity index (χ4n) is 2.82. The van der Waals surface area contributed by atoms with Crippen molar-refractivity contribution in [3.05, 3.63) is 57.5 Å². The average Bonchev–Trinajstić information content (AvgIpc) is 3.24. The van der Waals surface area contributed by atoms with Crippen molar-refractivity contribution in [2.75, 3.05) is 6.61 Å². The third-order valence-electron chi connectivity index (χ3n) is 3.98. The van der Waals surface area contributed by atoms with Crippen LogP contribution in [-0.4, -0.2) is 18.4 Å². The zero-order chi connectivity index (χ0) is 15.8. The Balaban J connectivity index is 1.43. The molecule has 0 N–H and O–H groups in total. The van der Waals surface area contributed by atoms with Gasteiger partial charge in [-0.1, -0.05) is 18.2 Å². The maximum atomic E-state index is 12.1. The minimum Gasteiger partial charge on any atom is -0.453 e. The highest BCUT2D eigenvalue weighted by Gasteiger charge is 2.21. The van der Waals surface area contributed by atoms with E-state index in [4.69, 9.17) is 9.15 Å². The fourth-order valence-corrected chi connectivity index (χ4v) is 3.97. The smallest absolute Gasteiger partial charge is 0.348 e. The van der Waals surface area contributed by atoms with Crippen molar-refractivity contribution in [1.82, 2.24) is 0 Å². The van der Waals surface area contributed by atoms with Gasteiger partial charge in [0.25, 0.3) is 0 Å². The lowest BCUT2D eigenvalue weighted by Gasteiger charge is -2.00. The van der Waals surface area contributed by atoms with Crippen molar-refractivity contribution in [3.8, 4) is 0 Å². The first-order valence-electron chi connectivity index (χ1n) is 7.51. The van der Waals surface area contributed by atoms with Gasteiger partial charge in [0.2, 0.25) is 5.78 Å². The standard InChI is InChI=1S/C18H14O4S/c19-13(15-8-11-4-1-2-6-14(11)22-15)10-21-18(20)17-9-12-5-3-7-16(12)23-17/h1-2,4,6,8-9H,3,5,7,10H2. The molecule has 1 aromatic carbocycles. The molecule has 1 aliphatic carbocycles. The molecule has 2 heterocycles. The van der Waals surface area contributed by atoms with Gasteiger partial charge >= 0.3 is 5.97 Å². The fraction of sp³-hybridized carbons (Fsp3) is 0.222. The summed E-state index contributed by atoms with van der Waals surface area (Å²) in [4.78, 5) is 26.0. The van der Waals surface area contributed by atoms with Gasteiger partial charge in [0.15, 0.2) is 12.4 Å². The number of Topliss-reactive ketones (excluding diaryl/α,β-unsaturated/α-hetero) is 1. The van der Waals surface area contributed by atoms with E-state index in [1.54, 1.807) is 12.1 Å². The van der Waals surface area contributed by atoms with E-state index in [1.165, 1.54) is 21.8 Å². The van der Waals surface area contributed by atoms with Gasteiger partial charge in [0.1, 0.15) is 10.5 Å². The molecular weight excluding hydrogens is 312 g/mol. The molecule has 0 fully saturated rings. The summed E-state index contributed by atoms with van der Waals surface area (Å²) < 4.78 is 10.6. The Morgan fingerprint density at radius 2 is 2.04 bits per heavy atom. The second-order valence-electron chi connectivity index (χ2n) is 5.56. The molecule has 0 saturated carbocycles. The predicted molar refractivity (Wildman–Crippen MR) is 87.2 cm³/mol. The molecule has 0 spiro atoms. The Hall–Kier alpha value is -2.40. The average molecular weight is 326 g/mol. The van der Waals surface area contributed by atoms with Gasteiger partial charge in [-0.25, -0.2) is 4.79 Å². The topological polar surface area (TPSA) is 56.5 Å². The van der Waals surface area contributed by atoms with Crippen LogP contribution in [0.5, 0.6) is 0 Å². The van der Waals surface area contributed by atoms with Crippen LogP contribution in [0, 0.1) is 0 Å². The molecule has 5 heteroatoms. The van der Waals surface area contributed by atoms with Crippen LogP contribution in [0.3, 0.4) is 0 Å². The van der Waals surface area contributed by atoms with Crippen LogP contribution in [0.25, 0.3) is 11.0 Å². The second kappa shape index (κ2) is 5.66. The van der Waals surface area contributed by atoms with E-state index >= 15 is 0 Å². The predicted octanol–water partition coefficient (Wildman–Crippen LogP) is 4.02. The molecule has 0 amide bonds.